The summed E-state index contributed by atoms with van der Waals surface area (Å²) >= 11 is 1.50. The number of nitrogens with one attached hydrogen (secondary N) is 2. The summed E-state index contributed by atoms with van der Waals surface area (Å²) in [5.41, 5.74) is 4.01. The van der Waals surface area contributed by atoms with Gasteiger partial charge in [0.2, 0.25) is 5.16 Å². The number of benzene rings is 3. The second-order valence-electron chi connectivity index (χ2n) is 10.2. The third-order valence-electron chi connectivity index (χ3n) is 7.11. The highest BCUT2D eigenvalue weighted by Crippen LogP contribution is 2.39. The summed E-state index contributed by atoms with van der Waals surface area (Å²) in [4.78, 5) is 25.1. The second kappa shape index (κ2) is 14.9. The maximum Gasteiger partial charge on any atom is 0.328 e. The number of hydrogen-bond donors (Lipinski definition) is 3. The molecule has 12 nitrogen and oxygen atoms in total. The fraction of sp³-hybridized carbons (Fsp3) is 0.323. The minimum atomic E-state index is -0.846. The van der Waals surface area contributed by atoms with Crippen molar-refractivity contribution in [2.75, 3.05) is 18.2 Å². The van der Waals surface area contributed by atoms with E-state index in [4.69, 9.17) is 14.2 Å². The van der Waals surface area contributed by atoms with Gasteiger partial charge in [0.05, 0.1) is 25.9 Å². The lowest BCUT2D eigenvalue weighted by Gasteiger charge is -2.36. The largest absolute Gasteiger partial charge is 0.467 e. The van der Waals surface area contributed by atoms with Crippen molar-refractivity contribution in [1.29, 1.82) is 0 Å². The number of carbonyl (C=O) groups is 2. The molecule has 0 aliphatic carbocycles. The van der Waals surface area contributed by atoms with Crippen LogP contribution in [0.5, 0.6) is 0 Å². The average Bonchev–Trinajstić information content (AvgIpc) is 3.48. The van der Waals surface area contributed by atoms with Crippen molar-refractivity contribution in [3.8, 4) is 0 Å². The first kappa shape index (κ1) is 31.1. The number of aryl methyl sites for hydroxylation is 1. The van der Waals surface area contributed by atoms with E-state index in [1.807, 2.05) is 66.7 Å². The van der Waals surface area contributed by atoms with Gasteiger partial charge in [0.15, 0.2) is 6.29 Å². The number of anilines is 1. The number of amides is 2. The van der Waals surface area contributed by atoms with Crippen LogP contribution >= 0.6 is 11.8 Å². The minimum absolute atomic E-state index is 0.0304. The molecule has 2 amide bonds. The summed E-state index contributed by atoms with van der Waals surface area (Å²) in [5.74, 6) is 0.0818. The van der Waals surface area contributed by atoms with Gasteiger partial charge in [-0.3, -0.25) is 0 Å². The van der Waals surface area contributed by atoms with Crippen LogP contribution in [0.4, 0.5) is 10.5 Å². The number of ether oxygens (including phenoxy) is 3. The molecule has 3 aromatic carbocycles. The number of aliphatic hydroxyl groups excluding tert-OH is 1. The molecular formula is C31H34N6O6S. The van der Waals surface area contributed by atoms with E-state index in [-0.39, 0.29) is 18.8 Å². The molecule has 0 spiro atoms. The zero-order chi connectivity index (χ0) is 30.9. The van der Waals surface area contributed by atoms with E-state index in [9.17, 15) is 14.7 Å². The Labute approximate surface area is 259 Å². The molecule has 3 N–H and O–H groups in total. The highest BCUT2D eigenvalue weighted by Gasteiger charge is 2.32. The molecule has 1 aliphatic heterocycles. The van der Waals surface area contributed by atoms with E-state index in [1.54, 1.807) is 23.9 Å². The van der Waals surface area contributed by atoms with Crippen LogP contribution in [-0.2, 0) is 39.1 Å². The van der Waals surface area contributed by atoms with Gasteiger partial charge in [0.1, 0.15) is 6.04 Å². The van der Waals surface area contributed by atoms with Gasteiger partial charge in [-0.15, -0.1) is 5.10 Å². The van der Waals surface area contributed by atoms with Gasteiger partial charge in [0, 0.05) is 36.9 Å². The molecule has 4 aromatic rings. The Balaban J connectivity index is 1.25. The van der Waals surface area contributed by atoms with E-state index >= 15 is 0 Å². The van der Waals surface area contributed by atoms with Gasteiger partial charge in [-0.25, -0.2) is 14.3 Å². The normalized spacial score (nSPS) is 18.8. The molecule has 1 aliphatic rings. The quantitative estimate of drug-likeness (QED) is 0.167. The molecule has 1 fully saturated rings. The molecule has 2 heterocycles. The Kier molecular flexibility index (Phi) is 10.6. The van der Waals surface area contributed by atoms with Crippen molar-refractivity contribution in [2.24, 2.45) is 7.05 Å². The van der Waals surface area contributed by atoms with Crippen LogP contribution in [-0.4, -0.2) is 62.3 Å². The van der Waals surface area contributed by atoms with Crippen molar-refractivity contribution in [3.05, 3.63) is 101 Å². The number of methoxy groups -OCH3 is 1. The summed E-state index contributed by atoms with van der Waals surface area (Å²) < 4.78 is 19.3. The second-order valence-corrected chi connectivity index (χ2v) is 11.2. The molecule has 230 valence electrons. The van der Waals surface area contributed by atoms with E-state index < -0.39 is 24.3 Å². The maximum absolute atomic E-state index is 12.8. The molecule has 0 bridgehead atoms. The van der Waals surface area contributed by atoms with Crippen molar-refractivity contribution in [1.82, 2.24) is 25.5 Å². The Hall–Kier alpha value is -4.30. The fourth-order valence-electron chi connectivity index (χ4n) is 4.77. The van der Waals surface area contributed by atoms with E-state index in [2.05, 4.69) is 26.2 Å². The lowest BCUT2D eigenvalue weighted by Crippen LogP contribution is -2.45. The predicted molar refractivity (Wildman–Crippen MR) is 162 cm³/mol. The molecule has 0 radical (unpaired) electrons. The third-order valence-corrected chi connectivity index (χ3v) is 8.25. The van der Waals surface area contributed by atoms with Gasteiger partial charge >= 0.3 is 12.0 Å². The number of aliphatic hydroxyl groups is 1. The molecule has 5 rings (SSSR count). The third kappa shape index (κ3) is 8.20. The molecule has 0 saturated carbocycles. The Morgan fingerprint density at radius 1 is 1.02 bits per heavy atom. The van der Waals surface area contributed by atoms with Crippen LogP contribution < -0.4 is 10.6 Å². The van der Waals surface area contributed by atoms with Gasteiger partial charge < -0.3 is 30.0 Å². The monoisotopic (exact) mass is 618 g/mol. The summed E-state index contributed by atoms with van der Waals surface area (Å²) in [6, 6.07) is 22.9. The number of aromatic nitrogens is 4. The first-order valence-electron chi connectivity index (χ1n) is 14.1. The number of esters is 1. The smallest absolute Gasteiger partial charge is 0.328 e. The van der Waals surface area contributed by atoms with E-state index in [0.717, 1.165) is 22.3 Å². The van der Waals surface area contributed by atoms with Gasteiger partial charge in [-0.2, -0.15) is 0 Å². The zero-order valence-corrected chi connectivity index (χ0v) is 25.1. The number of carbonyl (C=O) groups excluding carboxylic acids is 2. The highest BCUT2D eigenvalue weighted by molar-refractivity contribution is 7.99. The zero-order valence-electron chi connectivity index (χ0n) is 24.3. The summed E-state index contributed by atoms with van der Waals surface area (Å²) in [6.45, 7) is -0.0304. The van der Waals surface area contributed by atoms with Crippen LogP contribution in [0.2, 0.25) is 0 Å². The lowest BCUT2D eigenvalue weighted by atomic mass is 10.0. The maximum atomic E-state index is 12.8. The van der Waals surface area contributed by atoms with Crippen molar-refractivity contribution < 1.29 is 28.9 Å². The minimum Gasteiger partial charge on any atom is -0.467 e. The van der Waals surface area contributed by atoms with Crippen LogP contribution in [0, 0.1) is 0 Å². The molecule has 13 heteroatoms. The van der Waals surface area contributed by atoms with Crippen molar-refractivity contribution >= 4 is 29.4 Å². The fourth-order valence-corrected chi connectivity index (χ4v) is 5.64. The standard InChI is InChI=1S/C31H34N6O6S/c1-37-31(34-35-36-37)44-19-25-17-27(22-10-8-21(18-38)9-11-22)43-29(42-25)23-12-14-24(15-13-23)32-30(40)33-26(28(39)41-2)16-20-6-4-3-5-7-20/h3-15,25-27,29,38H,16-19H2,1-2H3,(H2,32,33,40)/t25-,26-,27+,29+/m0/s1. The Morgan fingerprint density at radius 3 is 2.41 bits per heavy atom. The number of hydrogen-bond acceptors (Lipinski definition) is 10. The first-order valence-corrected chi connectivity index (χ1v) is 15.1. The summed E-state index contributed by atoms with van der Waals surface area (Å²) in [7, 11) is 3.08. The van der Waals surface area contributed by atoms with Crippen molar-refractivity contribution in [3.63, 3.8) is 0 Å². The van der Waals surface area contributed by atoms with E-state index in [1.165, 1.54) is 18.9 Å². The molecule has 0 unspecified atom stereocenters. The molecular weight excluding hydrogens is 584 g/mol. The molecule has 4 atom stereocenters. The molecule has 44 heavy (non-hydrogen) atoms. The number of nitrogens with zero attached hydrogens (tertiary/aromatic N) is 4. The Morgan fingerprint density at radius 2 is 1.75 bits per heavy atom. The summed E-state index contributed by atoms with van der Waals surface area (Å²) in [6.07, 6.45) is -0.147. The van der Waals surface area contributed by atoms with Gasteiger partial charge in [-0.1, -0.05) is 78.5 Å². The number of rotatable bonds is 11. The number of tetrazole rings is 1. The van der Waals surface area contributed by atoms with Crippen molar-refractivity contribution in [2.45, 2.75) is 49.1 Å². The number of thioether (sulfide) groups is 1. The summed E-state index contributed by atoms with van der Waals surface area (Å²) in [5, 5.41) is 27.3. The van der Waals surface area contributed by atoms with Crippen LogP contribution in [0.1, 0.15) is 41.1 Å². The predicted octanol–water partition coefficient (Wildman–Crippen LogP) is 3.95. The van der Waals surface area contributed by atoms with Gasteiger partial charge in [0.25, 0.3) is 0 Å². The van der Waals surface area contributed by atoms with Crippen LogP contribution in [0.15, 0.2) is 84.0 Å². The molecule has 1 saturated heterocycles. The van der Waals surface area contributed by atoms with Crippen LogP contribution in [0.25, 0.3) is 0 Å². The Bertz CT molecular complexity index is 1520. The van der Waals surface area contributed by atoms with E-state index in [0.29, 0.717) is 29.4 Å². The highest BCUT2D eigenvalue weighted by atomic mass is 32.2. The topological polar surface area (TPSA) is 150 Å². The molecule has 1 aromatic heterocycles. The first-order chi connectivity index (χ1) is 21.4. The van der Waals surface area contributed by atoms with Crippen LogP contribution in [0.3, 0.4) is 0 Å². The van der Waals surface area contributed by atoms with Gasteiger partial charge in [-0.05, 0) is 39.2 Å². The SMILES string of the molecule is COC(=O)[C@H](Cc1ccccc1)NC(=O)Nc1ccc([C@@H]2O[C@H](CSc3nnnn3C)C[C@H](c3ccc(CO)cc3)O2)cc1. The average molecular weight is 619 g/mol. The lowest BCUT2D eigenvalue weighted by molar-refractivity contribution is -0.245. The number of urea groups is 1.